The minimum Gasteiger partial charge on any atom is -0.309 e. The lowest BCUT2D eigenvalue weighted by Crippen LogP contribution is -2.26. The highest BCUT2D eigenvalue weighted by molar-refractivity contribution is 7.85. The van der Waals surface area contributed by atoms with Crippen molar-refractivity contribution in [2.75, 3.05) is 0 Å². The second kappa shape index (κ2) is 10.6. The summed E-state index contributed by atoms with van der Waals surface area (Å²) >= 11 is 0. The molecule has 2 aliphatic carbocycles. The first-order chi connectivity index (χ1) is 24.2. The van der Waals surface area contributed by atoms with Crippen LogP contribution in [0.2, 0.25) is 0 Å². The van der Waals surface area contributed by atoms with E-state index in [0.717, 1.165) is 38.3 Å². The summed E-state index contributed by atoms with van der Waals surface area (Å²) in [6.45, 7) is 0. The first-order valence-corrected chi connectivity index (χ1v) is 18.5. The fourth-order valence-corrected chi connectivity index (χ4v) is 11.2. The molecule has 0 unspecified atom stereocenters. The van der Waals surface area contributed by atoms with E-state index in [9.17, 15) is 0 Å². The molecule has 3 heteroatoms. The number of rotatable bonds is 4. The summed E-state index contributed by atoms with van der Waals surface area (Å²) in [4.78, 5) is 5.60. The van der Waals surface area contributed by atoms with Gasteiger partial charge in [-0.15, -0.1) is 0 Å². The molecule has 1 heterocycles. The summed E-state index contributed by atoms with van der Waals surface area (Å²) in [7, 11) is -3.09. The molecule has 0 bridgehead atoms. The molecule has 49 heavy (non-hydrogen) atoms. The fourth-order valence-electron chi connectivity index (χ4n) is 8.56. The molecule has 0 saturated heterocycles. The van der Waals surface area contributed by atoms with Crippen molar-refractivity contribution in [2.24, 2.45) is 0 Å². The van der Waals surface area contributed by atoms with Crippen LogP contribution in [0.3, 0.4) is 0 Å². The third-order valence-corrected chi connectivity index (χ3v) is 13.6. The highest BCUT2D eigenvalue weighted by atomic mass is 31.2. The Balaban J connectivity index is 1.22. The van der Waals surface area contributed by atoms with Crippen molar-refractivity contribution >= 4 is 33.8 Å². The number of pyridine rings is 1. The van der Waals surface area contributed by atoms with Gasteiger partial charge in [0.25, 0.3) is 0 Å². The zero-order chi connectivity index (χ0) is 32.6. The minimum absolute atomic E-state index is 0.466. The van der Waals surface area contributed by atoms with Crippen molar-refractivity contribution in [1.29, 1.82) is 0 Å². The standard InChI is InChI=1S/C46H30NOP/c48-49(32-15-3-1-4-16-32,33-17-5-2-6-18-33)34-29-27-31(28-30-34)44-38-22-8-7-21-37(38)43-45(47-44)39-23-11-14-26-42(39)46(43)40-24-12-9-19-35(40)36-20-10-13-25-41(36)46/h1-30H. The van der Waals surface area contributed by atoms with Crippen LogP contribution < -0.4 is 15.9 Å². The Hall–Kier alpha value is -5.82. The first-order valence-electron chi connectivity index (χ1n) is 16.8. The maximum absolute atomic E-state index is 15.1. The van der Waals surface area contributed by atoms with E-state index < -0.39 is 12.6 Å². The maximum Gasteiger partial charge on any atom is 0.171 e. The number of fused-ring (bicyclic) bond motifs is 12. The SMILES string of the molecule is O=P(c1ccccc1)(c1ccccc1)c1ccc(-c2nc3c(c4ccccc24)C2(c4ccccc4-c4ccccc42)c2ccccc2-3)cc1. The third kappa shape index (κ3) is 3.78. The molecule has 0 amide bonds. The van der Waals surface area contributed by atoms with E-state index in [1.165, 1.54) is 44.3 Å². The van der Waals surface area contributed by atoms with Crippen LogP contribution in [-0.2, 0) is 9.98 Å². The van der Waals surface area contributed by atoms with Crippen LogP contribution in [0.15, 0.2) is 182 Å². The average Bonchev–Trinajstić information content (AvgIpc) is 3.65. The fraction of sp³-hybridized carbons (Fsp3) is 0.0217. The molecule has 1 spiro atoms. The summed E-state index contributed by atoms with van der Waals surface area (Å²) in [5, 5.41) is 4.77. The molecule has 0 saturated carbocycles. The molecule has 0 N–H and O–H groups in total. The van der Waals surface area contributed by atoms with E-state index in [0.29, 0.717) is 0 Å². The van der Waals surface area contributed by atoms with Gasteiger partial charge in [0.1, 0.15) is 0 Å². The van der Waals surface area contributed by atoms with Crippen LogP contribution in [-0.4, -0.2) is 4.98 Å². The van der Waals surface area contributed by atoms with Crippen LogP contribution in [0.1, 0.15) is 22.3 Å². The van der Waals surface area contributed by atoms with E-state index in [4.69, 9.17) is 4.98 Å². The van der Waals surface area contributed by atoms with E-state index in [1.807, 2.05) is 72.8 Å². The van der Waals surface area contributed by atoms with Crippen LogP contribution in [0.25, 0.3) is 44.4 Å². The monoisotopic (exact) mass is 643 g/mol. The quantitative estimate of drug-likeness (QED) is 0.179. The molecule has 1 aromatic heterocycles. The highest BCUT2D eigenvalue weighted by Gasteiger charge is 2.53. The molecular formula is C46H30NOP. The zero-order valence-electron chi connectivity index (χ0n) is 26.6. The van der Waals surface area contributed by atoms with E-state index in [-0.39, 0.29) is 0 Å². The lowest BCUT2D eigenvalue weighted by Gasteiger charge is -2.31. The Kier molecular flexibility index (Phi) is 6.10. The molecule has 10 rings (SSSR count). The molecule has 2 nitrogen and oxygen atoms in total. The number of benzene rings is 7. The Morgan fingerprint density at radius 1 is 0.388 bits per heavy atom. The Labute approximate surface area is 285 Å². The van der Waals surface area contributed by atoms with Crippen molar-refractivity contribution in [2.45, 2.75) is 5.41 Å². The maximum atomic E-state index is 15.1. The molecule has 0 radical (unpaired) electrons. The second-order valence-corrected chi connectivity index (χ2v) is 15.7. The number of hydrogen-bond acceptors (Lipinski definition) is 2. The zero-order valence-corrected chi connectivity index (χ0v) is 27.5. The molecule has 0 fully saturated rings. The summed E-state index contributed by atoms with van der Waals surface area (Å²) in [6, 6.07) is 63.3. The third-order valence-electron chi connectivity index (χ3n) is 10.6. The molecule has 230 valence electrons. The predicted molar refractivity (Wildman–Crippen MR) is 203 cm³/mol. The van der Waals surface area contributed by atoms with E-state index in [2.05, 4.69) is 109 Å². The Morgan fingerprint density at radius 2 is 0.816 bits per heavy atom. The van der Waals surface area contributed by atoms with Gasteiger partial charge in [-0.25, -0.2) is 4.98 Å². The normalized spacial score (nSPS) is 13.6. The van der Waals surface area contributed by atoms with Crippen molar-refractivity contribution in [3.63, 3.8) is 0 Å². The largest absolute Gasteiger partial charge is 0.309 e. The van der Waals surface area contributed by atoms with E-state index in [1.54, 1.807) is 0 Å². The lowest BCUT2D eigenvalue weighted by molar-refractivity contribution is 0.592. The van der Waals surface area contributed by atoms with Crippen LogP contribution in [0.5, 0.6) is 0 Å². The summed E-state index contributed by atoms with van der Waals surface area (Å²) in [6.07, 6.45) is 0. The average molecular weight is 644 g/mol. The van der Waals surface area contributed by atoms with Crippen LogP contribution in [0.4, 0.5) is 0 Å². The smallest absolute Gasteiger partial charge is 0.171 e. The van der Waals surface area contributed by atoms with Gasteiger partial charge in [0.05, 0.1) is 16.8 Å². The molecule has 0 atom stereocenters. The topological polar surface area (TPSA) is 30.0 Å². The number of nitrogens with zero attached hydrogens (tertiary/aromatic N) is 1. The van der Waals surface area contributed by atoms with Gasteiger partial charge in [-0.2, -0.15) is 0 Å². The van der Waals surface area contributed by atoms with Crippen LogP contribution in [0, 0.1) is 0 Å². The summed E-state index contributed by atoms with van der Waals surface area (Å²) in [5.74, 6) is 0. The van der Waals surface area contributed by atoms with Gasteiger partial charge in [-0.1, -0.05) is 182 Å². The van der Waals surface area contributed by atoms with E-state index >= 15 is 4.57 Å². The van der Waals surface area contributed by atoms with Gasteiger partial charge in [-0.3, -0.25) is 0 Å². The van der Waals surface area contributed by atoms with Crippen molar-refractivity contribution < 1.29 is 4.57 Å². The van der Waals surface area contributed by atoms with Gasteiger partial charge < -0.3 is 4.57 Å². The van der Waals surface area contributed by atoms with Crippen LogP contribution >= 0.6 is 7.14 Å². The predicted octanol–water partition coefficient (Wildman–Crippen LogP) is 9.88. The summed E-state index contributed by atoms with van der Waals surface area (Å²) < 4.78 is 15.1. The highest BCUT2D eigenvalue weighted by Crippen LogP contribution is 2.64. The number of hydrogen-bond donors (Lipinski definition) is 0. The van der Waals surface area contributed by atoms with Gasteiger partial charge >= 0.3 is 0 Å². The number of aromatic nitrogens is 1. The first kappa shape index (κ1) is 28.2. The van der Waals surface area contributed by atoms with Crippen molar-refractivity contribution in [1.82, 2.24) is 4.98 Å². The summed E-state index contributed by atoms with van der Waals surface area (Å²) in [5.41, 5.74) is 11.4. The lowest BCUT2D eigenvalue weighted by atomic mass is 9.69. The molecule has 8 aromatic rings. The molecule has 0 aliphatic heterocycles. The molecule has 7 aromatic carbocycles. The molecule has 2 aliphatic rings. The van der Waals surface area contributed by atoms with Gasteiger partial charge in [-0.05, 0) is 33.2 Å². The van der Waals surface area contributed by atoms with Crippen molar-refractivity contribution in [3.05, 3.63) is 204 Å². The minimum atomic E-state index is -3.09. The van der Waals surface area contributed by atoms with Gasteiger partial charge in [0, 0.05) is 38.0 Å². The van der Waals surface area contributed by atoms with Gasteiger partial charge in [0.15, 0.2) is 7.14 Å². The van der Waals surface area contributed by atoms with Gasteiger partial charge in [0.2, 0.25) is 0 Å². The molecular weight excluding hydrogens is 613 g/mol. The van der Waals surface area contributed by atoms with Crippen molar-refractivity contribution in [3.8, 4) is 33.6 Å². The Morgan fingerprint density at radius 3 is 1.39 bits per heavy atom. The Bertz CT molecular complexity index is 2540. The second-order valence-electron chi connectivity index (χ2n) is 12.9.